The Morgan fingerprint density at radius 2 is 1.54 bits per heavy atom. The van der Waals surface area contributed by atoms with E-state index in [4.69, 9.17) is 5.26 Å². The third-order valence-corrected chi connectivity index (χ3v) is 4.80. The molecule has 0 radical (unpaired) electrons. The highest BCUT2D eigenvalue weighted by molar-refractivity contribution is 6.13. The van der Waals surface area contributed by atoms with Gasteiger partial charge < -0.3 is 4.98 Å². The highest BCUT2D eigenvalue weighted by Gasteiger charge is 2.17. The normalized spacial score (nSPS) is 11.2. The lowest BCUT2D eigenvalue weighted by atomic mass is 10.00. The molecule has 5 aromatic rings. The van der Waals surface area contributed by atoms with Crippen molar-refractivity contribution in [1.29, 1.82) is 5.26 Å². The van der Waals surface area contributed by atoms with E-state index in [2.05, 4.69) is 11.1 Å². The number of fused-ring (bicyclic) bond motifs is 5. The number of nitrogens with one attached hydrogen (secondary N) is 1. The monoisotopic (exact) mass is 335 g/mol. The van der Waals surface area contributed by atoms with E-state index in [9.17, 15) is 4.79 Å². The lowest BCUT2D eigenvalue weighted by Gasteiger charge is -2.05. The van der Waals surface area contributed by atoms with Crippen molar-refractivity contribution in [2.75, 3.05) is 0 Å². The molecular weight excluding hydrogens is 322 g/mol. The van der Waals surface area contributed by atoms with Crippen LogP contribution in [-0.4, -0.2) is 9.38 Å². The molecule has 0 atom stereocenters. The van der Waals surface area contributed by atoms with Crippen molar-refractivity contribution < 1.29 is 0 Å². The molecule has 0 aliphatic heterocycles. The smallest absolute Gasteiger partial charge is 0.307 e. The second kappa shape index (κ2) is 5.33. The van der Waals surface area contributed by atoms with Gasteiger partial charge in [-0.3, -0.25) is 4.40 Å². The second-order valence-electron chi connectivity index (χ2n) is 6.24. The fourth-order valence-corrected chi connectivity index (χ4v) is 3.68. The van der Waals surface area contributed by atoms with Gasteiger partial charge in [0.15, 0.2) is 0 Å². The van der Waals surface area contributed by atoms with Gasteiger partial charge in [-0.2, -0.15) is 5.26 Å². The number of aromatic nitrogens is 2. The lowest BCUT2D eigenvalue weighted by Crippen LogP contribution is -2.15. The Morgan fingerprint density at radius 1 is 0.846 bits per heavy atom. The number of nitriles is 1. The van der Waals surface area contributed by atoms with Crippen LogP contribution in [-0.2, 0) is 0 Å². The Kier molecular flexibility index (Phi) is 2.97. The van der Waals surface area contributed by atoms with E-state index in [1.54, 1.807) is 4.40 Å². The number of rotatable bonds is 1. The minimum Gasteiger partial charge on any atom is -0.307 e. The van der Waals surface area contributed by atoms with E-state index >= 15 is 0 Å². The standard InChI is InChI=1S/C22H13N3O/c23-13-14-9-11-15(12-10-14)20-17-6-2-4-8-19(17)25-21(20)16-5-1-3-7-18(16)24-22(25)26/h1-12H,(H,24,26). The van der Waals surface area contributed by atoms with Crippen molar-refractivity contribution in [1.82, 2.24) is 9.38 Å². The molecule has 2 heterocycles. The number of nitrogens with zero attached hydrogens (tertiary/aromatic N) is 2. The zero-order valence-corrected chi connectivity index (χ0v) is 13.7. The molecule has 0 unspecified atom stereocenters. The summed E-state index contributed by atoms with van der Waals surface area (Å²) in [5, 5.41) is 11.1. The van der Waals surface area contributed by atoms with Crippen molar-refractivity contribution in [3.05, 3.63) is 88.8 Å². The van der Waals surface area contributed by atoms with Crippen LogP contribution in [0.3, 0.4) is 0 Å². The van der Waals surface area contributed by atoms with Crippen molar-refractivity contribution in [3.63, 3.8) is 0 Å². The summed E-state index contributed by atoms with van der Waals surface area (Å²) in [5.74, 6) is 0. The molecule has 0 bridgehead atoms. The molecule has 0 saturated carbocycles. The summed E-state index contributed by atoms with van der Waals surface area (Å²) >= 11 is 0. The maximum atomic E-state index is 12.8. The molecule has 3 aromatic carbocycles. The van der Waals surface area contributed by atoms with Crippen molar-refractivity contribution in [2.24, 2.45) is 0 Å². The van der Waals surface area contributed by atoms with Crippen LogP contribution in [0, 0.1) is 11.3 Å². The Bertz CT molecular complexity index is 1400. The van der Waals surface area contributed by atoms with Crippen LogP contribution in [0.15, 0.2) is 77.6 Å². The van der Waals surface area contributed by atoms with Gasteiger partial charge in [0.05, 0.1) is 28.2 Å². The SMILES string of the molecule is N#Cc1ccc(-c2c3ccccc3n3c(=O)[nH]c4ccccc4c23)cc1. The number of hydrogen-bond acceptors (Lipinski definition) is 2. The molecule has 0 saturated heterocycles. The number of benzene rings is 3. The van der Waals surface area contributed by atoms with E-state index in [0.29, 0.717) is 5.56 Å². The van der Waals surface area contributed by atoms with Gasteiger partial charge in [0, 0.05) is 16.3 Å². The maximum Gasteiger partial charge on any atom is 0.331 e. The number of hydrogen-bond donors (Lipinski definition) is 1. The molecule has 1 N–H and O–H groups in total. The Labute approximate surface area is 148 Å². The molecule has 5 rings (SSSR count). The van der Waals surface area contributed by atoms with E-state index in [1.165, 1.54) is 0 Å². The minimum atomic E-state index is -0.158. The van der Waals surface area contributed by atoms with Gasteiger partial charge in [-0.05, 0) is 29.8 Å². The van der Waals surface area contributed by atoms with Crippen molar-refractivity contribution in [2.45, 2.75) is 0 Å². The first-order chi connectivity index (χ1) is 12.8. The summed E-state index contributed by atoms with van der Waals surface area (Å²) in [7, 11) is 0. The first kappa shape index (κ1) is 14.5. The highest BCUT2D eigenvalue weighted by Crippen LogP contribution is 2.37. The fourth-order valence-electron chi connectivity index (χ4n) is 3.68. The van der Waals surface area contributed by atoms with E-state index in [-0.39, 0.29) is 5.69 Å². The van der Waals surface area contributed by atoms with Crippen LogP contribution in [0.4, 0.5) is 0 Å². The molecule has 0 aliphatic carbocycles. The van der Waals surface area contributed by atoms with Crippen LogP contribution in [0.5, 0.6) is 0 Å². The molecule has 4 nitrogen and oxygen atoms in total. The predicted molar refractivity (Wildman–Crippen MR) is 103 cm³/mol. The first-order valence-corrected chi connectivity index (χ1v) is 8.32. The number of H-pyrrole nitrogens is 1. The van der Waals surface area contributed by atoms with Gasteiger partial charge in [0.2, 0.25) is 0 Å². The zero-order chi connectivity index (χ0) is 17.7. The van der Waals surface area contributed by atoms with Crippen LogP contribution in [0.2, 0.25) is 0 Å². The van der Waals surface area contributed by atoms with Gasteiger partial charge in [-0.25, -0.2) is 4.79 Å². The molecular formula is C22H13N3O. The summed E-state index contributed by atoms with van der Waals surface area (Å²) < 4.78 is 1.74. The van der Waals surface area contributed by atoms with Crippen LogP contribution < -0.4 is 5.69 Å². The zero-order valence-electron chi connectivity index (χ0n) is 13.7. The van der Waals surface area contributed by atoms with Gasteiger partial charge in [-0.15, -0.1) is 0 Å². The highest BCUT2D eigenvalue weighted by atomic mass is 16.1. The number of aromatic amines is 1. The summed E-state index contributed by atoms with van der Waals surface area (Å²) in [6.45, 7) is 0. The van der Waals surface area contributed by atoms with Crippen molar-refractivity contribution >= 4 is 27.3 Å². The van der Waals surface area contributed by atoms with E-state index < -0.39 is 0 Å². The Hall–Kier alpha value is -3.84. The molecule has 2 aromatic heterocycles. The first-order valence-electron chi connectivity index (χ1n) is 8.32. The number of para-hydroxylation sites is 2. The summed E-state index contributed by atoms with van der Waals surface area (Å²) in [5.41, 5.74) is 5.01. The van der Waals surface area contributed by atoms with Gasteiger partial charge in [-0.1, -0.05) is 48.5 Å². The average Bonchev–Trinajstić information content (AvgIpc) is 3.04. The summed E-state index contributed by atoms with van der Waals surface area (Å²) in [4.78, 5) is 15.8. The average molecular weight is 335 g/mol. The molecule has 0 amide bonds. The fraction of sp³-hybridized carbons (Fsp3) is 0. The maximum absolute atomic E-state index is 12.8. The van der Waals surface area contributed by atoms with E-state index in [1.807, 2.05) is 72.8 Å². The minimum absolute atomic E-state index is 0.158. The van der Waals surface area contributed by atoms with Crippen LogP contribution in [0.1, 0.15) is 5.56 Å². The molecule has 0 fully saturated rings. The van der Waals surface area contributed by atoms with E-state index in [0.717, 1.165) is 38.4 Å². The van der Waals surface area contributed by atoms with Gasteiger partial charge in [0.1, 0.15) is 0 Å². The third kappa shape index (κ3) is 1.92. The van der Waals surface area contributed by atoms with Crippen molar-refractivity contribution in [3.8, 4) is 17.2 Å². The van der Waals surface area contributed by atoms with Gasteiger partial charge in [0.25, 0.3) is 0 Å². The van der Waals surface area contributed by atoms with Crippen LogP contribution in [0.25, 0.3) is 38.4 Å². The Morgan fingerprint density at radius 3 is 2.31 bits per heavy atom. The molecule has 4 heteroatoms. The molecule has 0 aliphatic rings. The third-order valence-electron chi connectivity index (χ3n) is 4.80. The van der Waals surface area contributed by atoms with Gasteiger partial charge >= 0.3 is 5.69 Å². The largest absolute Gasteiger partial charge is 0.331 e. The molecule has 26 heavy (non-hydrogen) atoms. The quantitative estimate of drug-likeness (QED) is 0.491. The summed E-state index contributed by atoms with van der Waals surface area (Å²) in [6, 6.07) is 25.4. The van der Waals surface area contributed by atoms with Crippen LogP contribution >= 0.6 is 0 Å². The molecule has 0 spiro atoms. The Balaban J connectivity index is 2.06. The predicted octanol–water partition coefficient (Wildman–Crippen LogP) is 4.47. The topological polar surface area (TPSA) is 61.1 Å². The second-order valence-corrected chi connectivity index (χ2v) is 6.24. The lowest BCUT2D eigenvalue weighted by molar-refractivity contribution is 1.07. The molecule has 122 valence electrons. The summed E-state index contributed by atoms with van der Waals surface area (Å²) in [6.07, 6.45) is 0.